The molecular weight excluding hydrogens is 372 g/mol. The first-order valence-electron chi connectivity index (χ1n) is 9.54. The summed E-state index contributed by atoms with van der Waals surface area (Å²) in [5.74, 6) is 0.412. The zero-order valence-corrected chi connectivity index (χ0v) is 17.1. The zero-order chi connectivity index (χ0) is 21.3. The molecule has 2 aromatic carbocycles. The maximum Gasteiger partial charge on any atom is 0.319 e. The van der Waals surface area contributed by atoms with Gasteiger partial charge in [0.25, 0.3) is 0 Å². The predicted octanol–water partition coefficient (Wildman–Crippen LogP) is 2.97. The van der Waals surface area contributed by atoms with E-state index in [0.717, 1.165) is 11.1 Å². The molecule has 3 rings (SSSR count). The van der Waals surface area contributed by atoms with Crippen LogP contribution in [0.2, 0.25) is 0 Å². The van der Waals surface area contributed by atoms with Crippen molar-refractivity contribution >= 4 is 11.7 Å². The standard InChI is InChI=1S/C22H28N2O5/c1-22(2,3)14-8-13(11-25)20(29-4)16(10-14)24-21(28)23-15-9-12-6-5-7-17(26)18(12)19(15)27/h5-8,10,15,19,25-27H,9,11H2,1-4H3,(H2,23,24,28). The maximum atomic E-state index is 12.7. The fraction of sp³-hybridized carbons (Fsp3) is 0.409. The molecule has 0 radical (unpaired) electrons. The molecule has 7 heteroatoms. The van der Waals surface area contributed by atoms with Crippen LogP contribution >= 0.6 is 0 Å². The number of fused-ring (bicyclic) bond motifs is 1. The highest BCUT2D eigenvalue weighted by Gasteiger charge is 2.34. The first kappa shape index (κ1) is 21.0. The molecule has 2 unspecified atom stereocenters. The summed E-state index contributed by atoms with van der Waals surface area (Å²) < 4.78 is 5.41. The van der Waals surface area contributed by atoms with Gasteiger partial charge in [0.1, 0.15) is 17.6 Å². The third-order valence-corrected chi connectivity index (χ3v) is 5.26. The molecule has 2 aromatic rings. The summed E-state index contributed by atoms with van der Waals surface area (Å²) in [6.07, 6.45) is -0.577. The Hall–Kier alpha value is -2.77. The molecule has 2 amide bonds. The summed E-state index contributed by atoms with van der Waals surface area (Å²) in [5, 5.41) is 35.8. The van der Waals surface area contributed by atoms with Crippen molar-refractivity contribution < 1.29 is 24.9 Å². The van der Waals surface area contributed by atoms with Crippen LogP contribution in [0.5, 0.6) is 11.5 Å². The van der Waals surface area contributed by atoms with Gasteiger partial charge < -0.3 is 30.7 Å². The molecule has 0 bridgehead atoms. The number of carbonyl (C=O) groups excluding carboxylic acids is 1. The molecule has 2 atom stereocenters. The van der Waals surface area contributed by atoms with E-state index in [9.17, 15) is 20.1 Å². The number of rotatable bonds is 4. The highest BCUT2D eigenvalue weighted by molar-refractivity contribution is 5.92. The molecular formula is C22H28N2O5. The minimum atomic E-state index is -0.993. The van der Waals surface area contributed by atoms with Gasteiger partial charge in [0.15, 0.2) is 0 Å². The normalized spacial score (nSPS) is 18.3. The molecule has 0 saturated carbocycles. The first-order valence-corrected chi connectivity index (χ1v) is 9.54. The smallest absolute Gasteiger partial charge is 0.319 e. The van der Waals surface area contributed by atoms with Crippen LogP contribution in [0, 0.1) is 0 Å². The quantitative estimate of drug-likeness (QED) is 0.542. The molecule has 0 saturated heterocycles. The Morgan fingerprint density at radius 1 is 1.28 bits per heavy atom. The second-order valence-electron chi connectivity index (χ2n) is 8.33. The van der Waals surface area contributed by atoms with E-state index in [1.807, 2.05) is 39.0 Å². The summed E-state index contributed by atoms with van der Waals surface area (Å²) in [5.41, 5.74) is 3.02. The second-order valence-corrected chi connectivity index (χ2v) is 8.33. The van der Waals surface area contributed by atoms with E-state index in [-0.39, 0.29) is 17.8 Å². The van der Waals surface area contributed by atoms with Crippen molar-refractivity contribution in [2.75, 3.05) is 12.4 Å². The van der Waals surface area contributed by atoms with Gasteiger partial charge in [-0.2, -0.15) is 0 Å². The van der Waals surface area contributed by atoms with Gasteiger partial charge in [-0.1, -0.05) is 32.9 Å². The second kappa shape index (κ2) is 7.93. The van der Waals surface area contributed by atoms with Crippen molar-refractivity contribution in [3.05, 3.63) is 52.6 Å². The summed E-state index contributed by atoms with van der Waals surface area (Å²) in [6, 6.07) is 7.67. The monoisotopic (exact) mass is 400 g/mol. The van der Waals surface area contributed by atoms with E-state index in [1.54, 1.807) is 6.07 Å². The van der Waals surface area contributed by atoms with Crippen LogP contribution in [0.4, 0.5) is 10.5 Å². The third kappa shape index (κ3) is 4.16. The number of carbonyl (C=O) groups is 1. The Morgan fingerprint density at radius 2 is 2.00 bits per heavy atom. The highest BCUT2D eigenvalue weighted by atomic mass is 16.5. The Bertz CT molecular complexity index is 920. The Kier molecular flexibility index (Phi) is 5.73. The highest BCUT2D eigenvalue weighted by Crippen LogP contribution is 2.38. The molecule has 1 aliphatic rings. The molecule has 0 aliphatic heterocycles. The number of phenolic OH excluding ortho intramolecular Hbond substituents is 1. The van der Waals surface area contributed by atoms with Crippen molar-refractivity contribution in [3.8, 4) is 11.5 Å². The number of aromatic hydroxyl groups is 1. The first-order chi connectivity index (χ1) is 13.7. The van der Waals surface area contributed by atoms with Crippen molar-refractivity contribution in [2.24, 2.45) is 0 Å². The average molecular weight is 400 g/mol. The van der Waals surface area contributed by atoms with Crippen molar-refractivity contribution in [2.45, 2.75) is 51.4 Å². The number of hydrogen-bond donors (Lipinski definition) is 5. The molecule has 0 aromatic heterocycles. The molecule has 7 nitrogen and oxygen atoms in total. The maximum absolute atomic E-state index is 12.7. The molecule has 156 valence electrons. The fourth-order valence-corrected chi connectivity index (χ4v) is 3.70. The van der Waals surface area contributed by atoms with E-state index < -0.39 is 18.2 Å². The SMILES string of the molecule is COc1c(CO)cc(C(C)(C)C)cc1NC(=O)NC1Cc2cccc(O)c2C1O. The Balaban J connectivity index is 1.82. The van der Waals surface area contributed by atoms with Crippen LogP contribution in [0.15, 0.2) is 30.3 Å². The number of aliphatic hydroxyl groups is 2. The minimum Gasteiger partial charge on any atom is -0.508 e. The van der Waals surface area contributed by atoms with Crippen LogP contribution in [0.25, 0.3) is 0 Å². The largest absolute Gasteiger partial charge is 0.508 e. The number of anilines is 1. The molecule has 0 heterocycles. The Morgan fingerprint density at radius 3 is 2.59 bits per heavy atom. The van der Waals surface area contributed by atoms with Crippen LogP contribution in [0.1, 0.15) is 49.1 Å². The number of benzene rings is 2. The number of methoxy groups -OCH3 is 1. The van der Waals surface area contributed by atoms with E-state index in [0.29, 0.717) is 29.0 Å². The number of hydrogen-bond acceptors (Lipinski definition) is 5. The molecule has 29 heavy (non-hydrogen) atoms. The number of nitrogens with one attached hydrogen (secondary N) is 2. The number of aliphatic hydroxyl groups excluding tert-OH is 2. The lowest BCUT2D eigenvalue weighted by Gasteiger charge is -2.24. The summed E-state index contributed by atoms with van der Waals surface area (Å²) >= 11 is 0. The lowest BCUT2D eigenvalue weighted by molar-refractivity contribution is 0.142. The van der Waals surface area contributed by atoms with Crippen molar-refractivity contribution in [3.63, 3.8) is 0 Å². The lowest BCUT2D eigenvalue weighted by atomic mass is 9.85. The van der Waals surface area contributed by atoms with Gasteiger partial charge in [-0.05, 0) is 41.2 Å². The van der Waals surface area contributed by atoms with Crippen LogP contribution in [-0.2, 0) is 18.4 Å². The Labute approximate surface area is 170 Å². The van der Waals surface area contributed by atoms with Crippen LogP contribution in [-0.4, -0.2) is 34.5 Å². The summed E-state index contributed by atoms with van der Waals surface area (Å²) in [4.78, 5) is 12.7. The van der Waals surface area contributed by atoms with Gasteiger partial charge >= 0.3 is 6.03 Å². The van der Waals surface area contributed by atoms with Gasteiger partial charge in [0.2, 0.25) is 0 Å². The molecule has 0 fully saturated rings. The van der Waals surface area contributed by atoms with Crippen LogP contribution in [0.3, 0.4) is 0 Å². The van der Waals surface area contributed by atoms with Gasteiger partial charge in [0.05, 0.1) is 25.4 Å². The van der Waals surface area contributed by atoms with E-state index >= 15 is 0 Å². The van der Waals surface area contributed by atoms with Crippen molar-refractivity contribution in [1.82, 2.24) is 5.32 Å². The average Bonchev–Trinajstić information content (AvgIpc) is 2.96. The minimum absolute atomic E-state index is 0.0202. The van der Waals surface area contributed by atoms with E-state index in [2.05, 4.69) is 10.6 Å². The van der Waals surface area contributed by atoms with Gasteiger partial charge in [-0.15, -0.1) is 0 Å². The predicted molar refractivity (Wildman–Crippen MR) is 110 cm³/mol. The van der Waals surface area contributed by atoms with Gasteiger partial charge in [0, 0.05) is 11.1 Å². The van der Waals surface area contributed by atoms with Gasteiger partial charge in [-0.25, -0.2) is 4.79 Å². The third-order valence-electron chi connectivity index (χ3n) is 5.26. The topological polar surface area (TPSA) is 111 Å². The van der Waals surface area contributed by atoms with E-state index in [1.165, 1.54) is 13.2 Å². The number of amides is 2. The van der Waals surface area contributed by atoms with Crippen molar-refractivity contribution in [1.29, 1.82) is 0 Å². The molecule has 0 spiro atoms. The van der Waals surface area contributed by atoms with E-state index in [4.69, 9.17) is 4.74 Å². The number of ether oxygens (including phenoxy) is 1. The lowest BCUT2D eigenvalue weighted by Crippen LogP contribution is -2.40. The molecule has 5 N–H and O–H groups in total. The summed E-state index contributed by atoms with van der Waals surface area (Å²) in [6.45, 7) is 5.90. The summed E-state index contributed by atoms with van der Waals surface area (Å²) in [7, 11) is 1.48. The molecule has 1 aliphatic carbocycles. The zero-order valence-electron chi connectivity index (χ0n) is 17.1. The number of phenols is 1. The van der Waals surface area contributed by atoms with Gasteiger partial charge in [-0.3, -0.25) is 0 Å². The van der Waals surface area contributed by atoms with Crippen LogP contribution < -0.4 is 15.4 Å². The fourth-order valence-electron chi connectivity index (χ4n) is 3.70. The number of urea groups is 1.